The highest BCUT2D eigenvalue weighted by Crippen LogP contribution is 2.48. The first-order chi connectivity index (χ1) is 10.5. The van der Waals surface area contributed by atoms with Crippen LogP contribution < -0.4 is 0 Å². The second kappa shape index (κ2) is 5.44. The van der Waals surface area contributed by atoms with E-state index in [-0.39, 0.29) is 17.9 Å². The molecule has 1 aromatic rings. The van der Waals surface area contributed by atoms with Gasteiger partial charge in [-0.1, -0.05) is 18.2 Å². The Kier molecular flexibility index (Phi) is 3.60. The van der Waals surface area contributed by atoms with Crippen LogP contribution in [0.1, 0.15) is 23.7 Å². The molecule has 3 fully saturated rings. The number of rotatable bonds is 3. The van der Waals surface area contributed by atoms with Crippen LogP contribution in [0.4, 0.5) is 0 Å². The molecule has 4 atom stereocenters. The number of esters is 2. The molecule has 3 aliphatic rings. The quantitative estimate of drug-likeness (QED) is 0.779. The summed E-state index contributed by atoms with van der Waals surface area (Å²) < 4.78 is 10.3. The third-order valence-corrected chi connectivity index (χ3v) is 4.44. The predicted molar refractivity (Wildman–Crippen MR) is 75.9 cm³/mol. The van der Waals surface area contributed by atoms with E-state index >= 15 is 0 Å². The van der Waals surface area contributed by atoms with Gasteiger partial charge in [0.1, 0.15) is 12.1 Å². The van der Waals surface area contributed by atoms with Gasteiger partial charge in [0.05, 0.1) is 18.7 Å². The molecule has 22 heavy (non-hydrogen) atoms. The van der Waals surface area contributed by atoms with Gasteiger partial charge in [-0.15, -0.1) is 0 Å². The lowest BCUT2D eigenvalue weighted by Crippen LogP contribution is -2.47. The van der Waals surface area contributed by atoms with E-state index in [4.69, 9.17) is 9.47 Å². The van der Waals surface area contributed by atoms with E-state index in [1.165, 1.54) is 18.9 Å². The van der Waals surface area contributed by atoms with E-state index in [0.717, 1.165) is 0 Å². The molecule has 1 aliphatic carbocycles. The van der Waals surface area contributed by atoms with Gasteiger partial charge in [0, 0.05) is 12.8 Å². The Balaban J connectivity index is 1.76. The minimum Gasteiger partial charge on any atom is -0.467 e. The van der Waals surface area contributed by atoms with Crippen LogP contribution in [0, 0.1) is 5.92 Å². The predicted octanol–water partition coefficient (Wildman–Crippen LogP) is 1.00. The molecule has 4 rings (SSSR count). The van der Waals surface area contributed by atoms with Crippen LogP contribution in [-0.2, 0) is 19.1 Å². The standard InChI is InChI=1S/C16H17NO5/c1-9(18)17-12-8-11(13(17)16(20)21-2)14(12)22-15(19)10-6-4-3-5-7-10/h3-7,11-14H,8H2,1-2H3/t11-,12-,13+,14-/m0/s1. The van der Waals surface area contributed by atoms with Crippen molar-refractivity contribution in [1.29, 1.82) is 0 Å². The van der Waals surface area contributed by atoms with Gasteiger partial charge in [-0.05, 0) is 18.6 Å². The number of methoxy groups -OCH3 is 1. The molecule has 2 bridgehead atoms. The highest BCUT2D eigenvalue weighted by molar-refractivity contribution is 5.90. The average Bonchev–Trinajstić information content (AvgIpc) is 3.06. The molecule has 6 nitrogen and oxygen atoms in total. The van der Waals surface area contributed by atoms with Gasteiger partial charge in [0.25, 0.3) is 0 Å². The fourth-order valence-electron chi connectivity index (χ4n) is 3.40. The van der Waals surface area contributed by atoms with Crippen molar-refractivity contribution >= 4 is 17.8 Å². The van der Waals surface area contributed by atoms with E-state index in [1.807, 2.05) is 6.07 Å². The molecule has 2 saturated heterocycles. The summed E-state index contributed by atoms with van der Waals surface area (Å²) >= 11 is 0. The number of hydrogen-bond acceptors (Lipinski definition) is 5. The molecular formula is C16H17NO5. The fraction of sp³-hybridized carbons (Fsp3) is 0.438. The van der Waals surface area contributed by atoms with Crippen molar-refractivity contribution in [2.75, 3.05) is 7.11 Å². The Morgan fingerprint density at radius 1 is 1.18 bits per heavy atom. The van der Waals surface area contributed by atoms with Crippen LogP contribution in [0.2, 0.25) is 0 Å². The van der Waals surface area contributed by atoms with Gasteiger partial charge < -0.3 is 14.4 Å². The number of amides is 1. The summed E-state index contributed by atoms with van der Waals surface area (Å²) in [5, 5.41) is 0. The summed E-state index contributed by atoms with van der Waals surface area (Å²) in [6.07, 6.45) is 0.215. The molecule has 1 aromatic carbocycles. The molecule has 1 saturated carbocycles. The first-order valence-corrected chi connectivity index (χ1v) is 7.17. The first-order valence-electron chi connectivity index (χ1n) is 7.17. The second-order valence-electron chi connectivity index (χ2n) is 5.60. The van der Waals surface area contributed by atoms with Crippen LogP contribution in [-0.4, -0.2) is 48.0 Å². The molecular weight excluding hydrogens is 286 g/mol. The van der Waals surface area contributed by atoms with Gasteiger partial charge in [-0.3, -0.25) is 4.79 Å². The number of fused-ring (bicyclic) bond motifs is 1. The lowest BCUT2D eigenvalue weighted by molar-refractivity contribution is -0.150. The maximum Gasteiger partial charge on any atom is 0.338 e. The zero-order valence-corrected chi connectivity index (χ0v) is 12.4. The van der Waals surface area contributed by atoms with Crippen molar-refractivity contribution in [3.8, 4) is 0 Å². The fourth-order valence-corrected chi connectivity index (χ4v) is 3.40. The van der Waals surface area contributed by atoms with Gasteiger partial charge in [0.2, 0.25) is 5.91 Å². The Hall–Kier alpha value is -2.37. The van der Waals surface area contributed by atoms with Gasteiger partial charge >= 0.3 is 11.9 Å². The van der Waals surface area contributed by atoms with Crippen molar-refractivity contribution in [3.63, 3.8) is 0 Å². The summed E-state index contributed by atoms with van der Waals surface area (Å²) in [5.74, 6) is -1.29. The minimum atomic E-state index is -0.652. The Bertz CT molecular complexity index is 614. The molecule has 0 unspecified atom stereocenters. The van der Waals surface area contributed by atoms with Crippen molar-refractivity contribution < 1.29 is 23.9 Å². The van der Waals surface area contributed by atoms with Gasteiger partial charge in [-0.2, -0.15) is 0 Å². The van der Waals surface area contributed by atoms with Crippen molar-refractivity contribution in [3.05, 3.63) is 35.9 Å². The van der Waals surface area contributed by atoms with Gasteiger partial charge in [0.15, 0.2) is 0 Å². The normalized spacial score (nSPS) is 28.7. The molecule has 0 N–H and O–H groups in total. The van der Waals surface area contributed by atoms with E-state index in [9.17, 15) is 14.4 Å². The molecule has 2 aliphatic heterocycles. The first kappa shape index (κ1) is 14.6. The summed E-state index contributed by atoms with van der Waals surface area (Å²) in [4.78, 5) is 37.3. The van der Waals surface area contributed by atoms with Crippen LogP contribution in [0.5, 0.6) is 0 Å². The minimum absolute atomic E-state index is 0.186. The SMILES string of the molecule is COC(=O)[C@H]1[C@@H]2C[C@@H]([C@H]2OC(=O)c2ccccc2)N1C(C)=O. The zero-order valence-electron chi connectivity index (χ0n) is 12.4. The number of carbonyl (C=O) groups excluding carboxylic acids is 3. The molecule has 0 spiro atoms. The highest BCUT2D eigenvalue weighted by atomic mass is 16.6. The van der Waals surface area contributed by atoms with Crippen molar-refractivity contribution in [2.45, 2.75) is 31.5 Å². The Labute approximate surface area is 128 Å². The average molecular weight is 303 g/mol. The van der Waals surface area contributed by atoms with Crippen LogP contribution in [0.15, 0.2) is 30.3 Å². The molecule has 0 radical (unpaired) electrons. The van der Waals surface area contributed by atoms with E-state index in [1.54, 1.807) is 24.3 Å². The lowest BCUT2D eigenvalue weighted by atomic mass is 9.79. The van der Waals surface area contributed by atoms with E-state index in [2.05, 4.69) is 0 Å². The summed E-state index contributed by atoms with van der Waals surface area (Å²) in [6.45, 7) is 1.41. The maximum absolute atomic E-state index is 12.1. The molecule has 6 heteroatoms. The zero-order chi connectivity index (χ0) is 15.9. The highest BCUT2D eigenvalue weighted by Gasteiger charge is 2.64. The largest absolute Gasteiger partial charge is 0.467 e. The molecule has 1 amide bonds. The van der Waals surface area contributed by atoms with Crippen LogP contribution >= 0.6 is 0 Å². The second-order valence-corrected chi connectivity index (χ2v) is 5.60. The van der Waals surface area contributed by atoms with E-state index in [0.29, 0.717) is 12.0 Å². The number of nitrogens with zero attached hydrogens (tertiary/aromatic N) is 1. The van der Waals surface area contributed by atoms with Crippen LogP contribution in [0.3, 0.4) is 0 Å². The molecule has 0 aromatic heterocycles. The maximum atomic E-state index is 12.1. The molecule has 116 valence electrons. The van der Waals surface area contributed by atoms with Gasteiger partial charge in [-0.25, -0.2) is 9.59 Å². The topological polar surface area (TPSA) is 72.9 Å². The third-order valence-electron chi connectivity index (χ3n) is 4.44. The Morgan fingerprint density at radius 2 is 1.86 bits per heavy atom. The summed E-state index contributed by atoms with van der Waals surface area (Å²) in [5.41, 5.74) is 0.456. The number of carbonyl (C=O) groups is 3. The van der Waals surface area contributed by atoms with Crippen molar-refractivity contribution in [1.82, 2.24) is 4.90 Å². The smallest absolute Gasteiger partial charge is 0.338 e. The Morgan fingerprint density at radius 3 is 2.45 bits per heavy atom. The van der Waals surface area contributed by atoms with Crippen molar-refractivity contribution in [2.24, 2.45) is 5.92 Å². The molecule has 2 heterocycles. The third kappa shape index (κ3) is 2.15. The number of hydrogen-bond donors (Lipinski definition) is 0. The summed E-state index contributed by atoms with van der Waals surface area (Å²) in [7, 11) is 1.29. The van der Waals surface area contributed by atoms with E-state index < -0.39 is 24.1 Å². The lowest BCUT2D eigenvalue weighted by Gasteiger charge is -2.35. The monoisotopic (exact) mass is 303 g/mol. The van der Waals surface area contributed by atoms with Crippen LogP contribution in [0.25, 0.3) is 0 Å². The number of benzene rings is 1. The summed E-state index contributed by atoms with van der Waals surface area (Å²) in [6, 6.07) is 7.78. The number of ether oxygens (including phenoxy) is 2.